The fourth-order valence-electron chi connectivity index (χ4n) is 3.22. The summed E-state index contributed by atoms with van der Waals surface area (Å²) in [5.74, 6) is 0.572. The van der Waals surface area contributed by atoms with E-state index in [1.165, 1.54) is 49.2 Å². The molecule has 0 spiro atoms. The van der Waals surface area contributed by atoms with E-state index in [1.54, 1.807) is 0 Å². The van der Waals surface area contributed by atoms with Crippen LogP contribution in [0.1, 0.15) is 55.8 Å². The van der Waals surface area contributed by atoms with E-state index < -0.39 is 0 Å². The number of hydrogen-bond acceptors (Lipinski definition) is 2. The first-order chi connectivity index (χ1) is 10.6. The first kappa shape index (κ1) is 15.3. The summed E-state index contributed by atoms with van der Waals surface area (Å²) in [4.78, 5) is 2.56. The summed E-state index contributed by atoms with van der Waals surface area (Å²) < 4.78 is 2.07. The molecule has 2 aromatic rings. The minimum Gasteiger partial charge on any atom is -0.299 e. The molecular formula is C19H27N3. The van der Waals surface area contributed by atoms with Gasteiger partial charge < -0.3 is 0 Å². The van der Waals surface area contributed by atoms with E-state index in [-0.39, 0.29) is 0 Å². The van der Waals surface area contributed by atoms with Gasteiger partial charge in [0.25, 0.3) is 0 Å². The zero-order valence-electron chi connectivity index (χ0n) is 14.0. The van der Waals surface area contributed by atoms with Crippen LogP contribution < -0.4 is 0 Å². The number of rotatable bonds is 4. The molecule has 3 heteroatoms. The lowest BCUT2D eigenvalue weighted by Gasteiger charge is -2.26. The van der Waals surface area contributed by atoms with Crippen LogP contribution in [0.5, 0.6) is 0 Å². The first-order valence-electron chi connectivity index (χ1n) is 8.51. The van der Waals surface area contributed by atoms with Crippen molar-refractivity contribution in [2.45, 2.75) is 52.5 Å². The summed E-state index contributed by atoms with van der Waals surface area (Å²) in [5, 5.41) is 4.62. The highest BCUT2D eigenvalue weighted by molar-refractivity contribution is 5.37. The van der Waals surface area contributed by atoms with Crippen LogP contribution in [0, 0.1) is 6.92 Å². The minimum absolute atomic E-state index is 0.572. The molecule has 0 unspecified atom stereocenters. The highest BCUT2D eigenvalue weighted by Gasteiger charge is 2.14. The number of likely N-dealkylation sites (tertiary alicyclic amines) is 1. The molecule has 0 bridgehead atoms. The van der Waals surface area contributed by atoms with E-state index in [2.05, 4.69) is 59.7 Å². The first-order valence-corrected chi connectivity index (χ1v) is 8.51. The molecule has 1 aliphatic heterocycles. The predicted octanol–water partition coefficient (Wildman–Crippen LogP) is 4.29. The molecule has 3 nitrogen and oxygen atoms in total. The topological polar surface area (TPSA) is 21.1 Å². The molecule has 118 valence electrons. The van der Waals surface area contributed by atoms with Crippen LogP contribution in [0.4, 0.5) is 0 Å². The second-order valence-electron chi connectivity index (χ2n) is 6.75. The Balaban J connectivity index is 1.77. The molecule has 0 saturated carbocycles. The molecule has 0 radical (unpaired) electrons. The summed E-state index contributed by atoms with van der Waals surface area (Å²) in [6, 6.07) is 8.79. The van der Waals surface area contributed by atoms with Gasteiger partial charge in [0.05, 0.1) is 11.9 Å². The van der Waals surface area contributed by atoms with Crippen LogP contribution in [0.25, 0.3) is 5.69 Å². The Labute approximate surface area is 133 Å². The molecule has 1 aromatic carbocycles. The Kier molecular flexibility index (Phi) is 4.63. The molecule has 1 fully saturated rings. The van der Waals surface area contributed by atoms with Crippen LogP contribution in [0.2, 0.25) is 0 Å². The molecule has 1 aliphatic rings. The molecule has 1 aromatic heterocycles. The monoisotopic (exact) mass is 297 g/mol. The van der Waals surface area contributed by atoms with Gasteiger partial charge in [0.2, 0.25) is 0 Å². The fourth-order valence-corrected chi connectivity index (χ4v) is 3.22. The van der Waals surface area contributed by atoms with E-state index in [0.717, 1.165) is 12.2 Å². The highest BCUT2D eigenvalue weighted by atomic mass is 15.3. The van der Waals surface area contributed by atoms with Gasteiger partial charge in [-0.3, -0.25) is 4.90 Å². The molecule has 0 aliphatic carbocycles. The van der Waals surface area contributed by atoms with Gasteiger partial charge >= 0.3 is 0 Å². The maximum atomic E-state index is 4.62. The van der Waals surface area contributed by atoms with Crippen molar-refractivity contribution in [3.05, 3.63) is 47.3 Å². The Morgan fingerprint density at radius 3 is 2.36 bits per heavy atom. The van der Waals surface area contributed by atoms with Gasteiger partial charge in [0.1, 0.15) is 0 Å². The summed E-state index contributed by atoms with van der Waals surface area (Å²) >= 11 is 0. The maximum Gasteiger partial charge on any atom is 0.0648 e. The van der Waals surface area contributed by atoms with Crippen molar-refractivity contribution in [2.75, 3.05) is 13.1 Å². The lowest BCUT2D eigenvalue weighted by Crippen LogP contribution is -2.29. The third-order valence-electron chi connectivity index (χ3n) is 4.76. The molecule has 22 heavy (non-hydrogen) atoms. The van der Waals surface area contributed by atoms with Crippen molar-refractivity contribution < 1.29 is 0 Å². The van der Waals surface area contributed by atoms with Gasteiger partial charge in [-0.15, -0.1) is 0 Å². The molecular weight excluding hydrogens is 270 g/mol. The van der Waals surface area contributed by atoms with E-state index in [4.69, 9.17) is 0 Å². The lowest BCUT2D eigenvalue weighted by molar-refractivity contribution is 0.220. The second kappa shape index (κ2) is 6.66. The van der Waals surface area contributed by atoms with Crippen molar-refractivity contribution >= 4 is 0 Å². The Morgan fingerprint density at radius 1 is 1.05 bits per heavy atom. The lowest BCUT2D eigenvalue weighted by atomic mass is 10.0. The van der Waals surface area contributed by atoms with Crippen LogP contribution >= 0.6 is 0 Å². The van der Waals surface area contributed by atoms with E-state index in [1.807, 2.05) is 6.20 Å². The van der Waals surface area contributed by atoms with Gasteiger partial charge in [-0.2, -0.15) is 5.10 Å². The SMILES string of the molecule is Cc1c(CN2CCCCC2)cnn1-c1ccc(C(C)C)cc1. The third kappa shape index (κ3) is 3.25. The van der Waals surface area contributed by atoms with Crippen molar-refractivity contribution in [1.29, 1.82) is 0 Å². The van der Waals surface area contributed by atoms with Gasteiger partial charge in [0, 0.05) is 17.8 Å². The molecule has 3 rings (SSSR count). The quantitative estimate of drug-likeness (QED) is 0.839. The Hall–Kier alpha value is -1.61. The number of nitrogens with zero attached hydrogens (tertiary/aromatic N) is 3. The Morgan fingerprint density at radius 2 is 1.73 bits per heavy atom. The van der Waals surface area contributed by atoms with Crippen molar-refractivity contribution in [3.63, 3.8) is 0 Å². The summed E-state index contributed by atoms with van der Waals surface area (Å²) in [6.07, 6.45) is 6.10. The standard InChI is InChI=1S/C19H27N3/c1-15(2)17-7-9-19(10-8-17)22-16(3)18(13-20-22)14-21-11-5-4-6-12-21/h7-10,13,15H,4-6,11-12,14H2,1-3H3. The number of aromatic nitrogens is 2. The molecule has 0 N–H and O–H groups in total. The minimum atomic E-state index is 0.572. The molecule has 2 heterocycles. The van der Waals surface area contributed by atoms with Gasteiger partial charge in [0.15, 0.2) is 0 Å². The smallest absolute Gasteiger partial charge is 0.0648 e. The van der Waals surface area contributed by atoms with E-state index in [9.17, 15) is 0 Å². The van der Waals surface area contributed by atoms with Crippen molar-refractivity contribution in [3.8, 4) is 5.69 Å². The average Bonchev–Trinajstić information content (AvgIpc) is 2.89. The van der Waals surface area contributed by atoms with Gasteiger partial charge in [-0.05, 0) is 56.5 Å². The third-order valence-corrected chi connectivity index (χ3v) is 4.76. The van der Waals surface area contributed by atoms with Crippen LogP contribution in [-0.4, -0.2) is 27.8 Å². The Bertz CT molecular complexity index is 604. The van der Waals surface area contributed by atoms with Gasteiger partial charge in [-0.25, -0.2) is 4.68 Å². The van der Waals surface area contributed by atoms with Crippen molar-refractivity contribution in [1.82, 2.24) is 14.7 Å². The maximum absolute atomic E-state index is 4.62. The number of benzene rings is 1. The predicted molar refractivity (Wildman–Crippen MR) is 91.5 cm³/mol. The summed E-state index contributed by atoms with van der Waals surface area (Å²) in [6.45, 7) is 10.1. The van der Waals surface area contributed by atoms with Gasteiger partial charge in [-0.1, -0.05) is 32.4 Å². The normalized spacial score (nSPS) is 16.4. The zero-order valence-corrected chi connectivity index (χ0v) is 14.0. The van der Waals surface area contributed by atoms with Crippen molar-refractivity contribution in [2.24, 2.45) is 0 Å². The highest BCUT2D eigenvalue weighted by Crippen LogP contribution is 2.20. The average molecular weight is 297 g/mol. The molecule has 0 atom stereocenters. The summed E-state index contributed by atoms with van der Waals surface area (Å²) in [5.41, 5.74) is 5.16. The van der Waals surface area contributed by atoms with Crippen LogP contribution in [-0.2, 0) is 6.54 Å². The van der Waals surface area contributed by atoms with E-state index >= 15 is 0 Å². The van der Waals surface area contributed by atoms with Crippen LogP contribution in [0.15, 0.2) is 30.5 Å². The fraction of sp³-hybridized carbons (Fsp3) is 0.526. The summed E-state index contributed by atoms with van der Waals surface area (Å²) in [7, 11) is 0. The molecule has 1 saturated heterocycles. The second-order valence-corrected chi connectivity index (χ2v) is 6.75. The zero-order chi connectivity index (χ0) is 15.5. The largest absolute Gasteiger partial charge is 0.299 e. The van der Waals surface area contributed by atoms with Crippen LogP contribution in [0.3, 0.4) is 0 Å². The number of piperidine rings is 1. The number of hydrogen-bond donors (Lipinski definition) is 0. The van der Waals surface area contributed by atoms with E-state index in [0.29, 0.717) is 5.92 Å². The molecule has 0 amide bonds.